The standard InChI is InChI=1S/C23H27N3O4S/c1-14(2)12-20-22(26(4)23(27)28)21(16-8-6-15(3)7-9-16)18-13-17(25-31(5,29)30)10-11-19(18)24-20/h6-11,13-14,25H,12H2,1-5H3,(H,27,28). The van der Waals surface area contributed by atoms with Crippen LogP contribution in [0.15, 0.2) is 42.5 Å². The van der Waals surface area contributed by atoms with Crippen molar-refractivity contribution in [2.75, 3.05) is 22.9 Å². The largest absolute Gasteiger partial charge is 0.465 e. The Bertz CT molecular complexity index is 1240. The molecule has 1 amide bonds. The van der Waals surface area contributed by atoms with Gasteiger partial charge in [0.05, 0.1) is 23.2 Å². The maximum Gasteiger partial charge on any atom is 0.411 e. The van der Waals surface area contributed by atoms with Gasteiger partial charge in [0.2, 0.25) is 10.0 Å². The molecular weight excluding hydrogens is 414 g/mol. The summed E-state index contributed by atoms with van der Waals surface area (Å²) in [6.45, 7) is 6.10. The minimum Gasteiger partial charge on any atom is -0.465 e. The maximum atomic E-state index is 12.0. The summed E-state index contributed by atoms with van der Waals surface area (Å²) in [6.07, 6.45) is 0.599. The van der Waals surface area contributed by atoms with Gasteiger partial charge in [-0.1, -0.05) is 43.7 Å². The highest BCUT2D eigenvalue weighted by atomic mass is 32.2. The van der Waals surface area contributed by atoms with Gasteiger partial charge in [0, 0.05) is 23.7 Å². The predicted octanol–water partition coefficient (Wildman–Crippen LogP) is 4.89. The number of anilines is 2. The number of carboxylic acid groups (broad SMARTS) is 1. The third-order valence-corrected chi connectivity index (χ3v) is 5.51. The van der Waals surface area contributed by atoms with Crippen LogP contribution in [0.25, 0.3) is 22.0 Å². The molecule has 0 saturated carbocycles. The van der Waals surface area contributed by atoms with Gasteiger partial charge in [0.15, 0.2) is 0 Å². The molecule has 31 heavy (non-hydrogen) atoms. The van der Waals surface area contributed by atoms with E-state index in [2.05, 4.69) is 18.6 Å². The van der Waals surface area contributed by atoms with E-state index in [-0.39, 0.29) is 5.92 Å². The van der Waals surface area contributed by atoms with E-state index < -0.39 is 16.1 Å². The molecule has 0 atom stereocenters. The van der Waals surface area contributed by atoms with Crippen LogP contribution in [0.2, 0.25) is 0 Å². The number of sulfonamides is 1. The number of aromatic nitrogens is 1. The average Bonchev–Trinajstić information content (AvgIpc) is 2.65. The number of benzene rings is 2. The lowest BCUT2D eigenvalue weighted by molar-refractivity contribution is 0.203. The van der Waals surface area contributed by atoms with E-state index in [1.54, 1.807) is 18.2 Å². The number of hydrogen-bond acceptors (Lipinski definition) is 4. The number of fused-ring (bicyclic) bond motifs is 1. The average molecular weight is 442 g/mol. The number of nitrogens with zero attached hydrogens (tertiary/aromatic N) is 2. The molecule has 2 N–H and O–H groups in total. The highest BCUT2D eigenvalue weighted by molar-refractivity contribution is 7.92. The van der Waals surface area contributed by atoms with E-state index >= 15 is 0 Å². The molecule has 7 nitrogen and oxygen atoms in total. The molecular formula is C23H27N3O4S. The first-order valence-electron chi connectivity index (χ1n) is 9.94. The Morgan fingerprint density at radius 3 is 2.35 bits per heavy atom. The lowest BCUT2D eigenvalue weighted by atomic mass is 9.94. The molecule has 8 heteroatoms. The fraction of sp³-hybridized carbons (Fsp3) is 0.304. The van der Waals surface area contributed by atoms with E-state index in [4.69, 9.17) is 4.98 Å². The zero-order chi connectivity index (χ0) is 22.9. The Morgan fingerprint density at radius 1 is 1.16 bits per heavy atom. The number of amides is 1. The fourth-order valence-corrected chi connectivity index (χ4v) is 4.14. The molecule has 1 heterocycles. The van der Waals surface area contributed by atoms with Gasteiger partial charge in [-0.05, 0) is 43.0 Å². The van der Waals surface area contributed by atoms with E-state index in [1.807, 2.05) is 31.2 Å². The monoisotopic (exact) mass is 441 g/mol. The topological polar surface area (TPSA) is 99.6 Å². The second-order valence-electron chi connectivity index (χ2n) is 8.19. The van der Waals surface area contributed by atoms with E-state index in [0.717, 1.165) is 17.4 Å². The SMILES string of the molecule is Cc1ccc(-c2c(N(C)C(=O)O)c(CC(C)C)nc3ccc(NS(C)(=O)=O)cc23)cc1. The van der Waals surface area contributed by atoms with E-state index in [1.165, 1.54) is 11.9 Å². The first-order valence-corrected chi connectivity index (χ1v) is 11.8. The van der Waals surface area contributed by atoms with Crippen LogP contribution < -0.4 is 9.62 Å². The number of pyridine rings is 1. The van der Waals surface area contributed by atoms with Crippen LogP contribution in [-0.4, -0.2) is 37.9 Å². The summed E-state index contributed by atoms with van der Waals surface area (Å²) in [5.41, 5.74) is 4.89. The fourth-order valence-electron chi connectivity index (χ4n) is 3.58. The molecule has 0 saturated heterocycles. The first-order chi connectivity index (χ1) is 14.5. The summed E-state index contributed by atoms with van der Waals surface area (Å²) in [6, 6.07) is 12.9. The molecule has 0 radical (unpaired) electrons. The molecule has 0 aliphatic heterocycles. The predicted molar refractivity (Wildman–Crippen MR) is 125 cm³/mol. The maximum absolute atomic E-state index is 12.0. The van der Waals surface area contributed by atoms with Gasteiger partial charge >= 0.3 is 6.09 Å². The third kappa shape index (κ3) is 5.14. The van der Waals surface area contributed by atoms with Crippen LogP contribution in [-0.2, 0) is 16.4 Å². The summed E-state index contributed by atoms with van der Waals surface area (Å²) in [4.78, 5) is 17.9. The summed E-state index contributed by atoms with van der Waals surface area (Å²) in [5.74, 6) is 0.267. The zero-order valence-electron chi connectivity index (χ0n) is 18.3. The van der Waals surface area contributed by atoms with Crippen LogP contribution in [0.3, 0.4) is 0 Å². The minimum absolute atomic E-state index is 0.267. The van der Waals surface area contributed by atoms with Gasteiger partial charge in [0.25, 0.3) is 0 Å². The van der Waals surface area contributed by atoms with Crippen molar-refractivity contribution in [2.45, 2.75) is 27.2 Å². The van der Waals surface area contributed by atoms with Crippen LogP contribution >= 0.6 is 0 Å². The molecule has 0 fully saturated rings. The van der Waals surface area contributed by atoms with Crippen molar-refractivity contribution < 1.29 is 18.3 Å². The van der Waals surface area contributed by atoms with Gasteiger partial charge in [-0.25, -0.2) is 13.2 Å². The normalized spacial score (nSPS) is 11.7. The lowest BCUT2D eigenvalue weighted by Gasteiger charge is -2.24. The number of rotatable bonds is 6. The molecule has 0 unspecified atom stereocenters. The van der Waals surface area contributed by atoms with Crippen LogP contribution in [0.1, 0.15) is 25.1 Å². The third-order valence-electron chi connectivity index (χ3n) is 4.90. The first kappa shape index (κ1) is 22.6. The second kappa shape index (κ2) is 8.55. The van der Waals surface area contributed by atoms with Crippen molar-refractivity contribution in [1.82, 2.24) is 4.98 Å². The molecule has 2 aromatic carbocycles. The number of nitrogens with one attached hydrogen (secondary N) is 1. The molecule has 0 aliphatic rings. The van der Waals surface area contributed by atoms with Gasteiger partial charge in [-0.3, -0.25) is 14.6 Å². The van der Waals surface area contributed by atoms with Crippen molar-refractivity contribution in [3.05, 3.63) is 53.7 Å². The smallest absolute Gasteiger partial charge is 0.411 e. The Kier molecular flexibility index (Phi) is 6.22. The van der Waals surface area contributed by atoms with Crippen LogP contribution in [0, 0.1) is 12.8 Å². The van der Waals surface area contributed by atoms with Crippen molar-refractivity contribution in [3.63, 3.8) is 0 Å². The van der Waals surface area contributed by atoms with Crippen molar-refractivity contribution in [2.24, 2.45) is 5.92 Å². The number of carbonyl (C=O) groups is 1. The number of aryl methyl sites for hydroxylation is 1. The van der Waals surface area contributed by atoms with Gasteiger partial charge < -0.3 is 5.11 Å². The molecule has 0 spiro atoms. The Labute approximate surface area is 182 Å². The quantitative estimate of drug-likeness (QED) is 0.567. The minimum atomic E-state index is -3.47. The Morgan fingerprint density at radius 2 is 1.81 bits per heavy atom. The van der Waals surface area contributed by atoms with Crippen LogP contribution in [0.4, 0.5) is 16.2 Å². The summed E-state index contributed by atoms with van der Waals surface area (Å²) in [7, 11) is -1.96. The molecule has 1 aromatic heterocycles. The highest BCUT2D eigenvalue weighted by Gasteiger charge is 2.24. The highest BCUT2D eigenvalue weighted by Crippen LogP contribution is 2.40. The van der Waals surface area contributed by atoms with Crippen molar-refractivity contribution in [3.8, 4) is 11.1 Å². The van der Waals surface area contributed by atoms with Gasteiger partial charge in [-0.15, -0.1) is 0 Å². The summed E-state index contributed by atoms with van der Waals surface area (Å²) in [5, 5.41) is 10.5. The molecule has 3 aromatic rings. The van der Waals surface area contributed by atoms with E-state index in [9.17, 15) is 18.3 Å². The van der Waals surface area contributed by atoms with Crippen molar-refractivity contribution >= 4 is 38.4 Å². The van der Waals surface area contributed by atoms with Gasteiger partial charge in [0.1, 0.15) is 0 Å². The lowest BCUT2D eigenvalue weighted by Crippen LogP contribution is -2.26. The Hall–Kier alpha value is -3.13. The summed E-state index contributed by atoms with van der Waals surface area (Å²) < 4.78 is 26.0. The van der Waals surface area contributed by atoms with Gasteiger partial charge in [-0.2, -0.15) is 0 Å². The molecule has 0 aliphatic carbocycles. The number of hydrogen-bond donors (Lipinski definition) is 2. The summed E-state index contributed by atoms with van der Waals surface area (Å²) >= 11 is 0. The zero-order valence-corrected chi connectivity index (χ0v) is 19.1. The molecule has 164 valence electrons. The Balaban J connectivity index is 2.44. The van der Waals surface area contributed by atoms with Crippen LogP contribution in [0.5, 0.6) is 0 Å². The van der Waals surface area contributed by atoms with Crippen molar-refractivity contribution in [1.29, 1.82) is 0 Å². The second-order valence-corrected chi connectivity index (χ2v) is 9.94. The molecule has 0 bridgehead atoms. The van der Waals surface area contributed by atoms with E-state index in [0.29, 0.717) is 40.0 Å². The molecule has 3 rings (SSSR count).